The standard InChI is InChI=1S/C17H14O3/c18-15-9-12-10-5-1-3-7-13(10)17(15,16(19)20)14-8-4-2-6-11(12)14/h1-8,12,15,18H,9H2,(H,19,20). The van der Waals surface area contributed by atoms with Crippen molar-refractivity contribution in [1.82, 2.24) is 0 Å². The van der Waals surface area contributed by atoms with Crippen molar-refractivity contribution in [2.45, 2.75) is 23.9 Å². The van der Waals surface area contributed by atoms with E-state index in [0.717, 1.165) is 22.3 Å². The summed E-state index contributed by atoms with van der Waals surface area (Å²) in [5.41, 5.74) is 2.25. The lowest BCUT2D eigenvalue weighted by Gasteiger charge is -2.49. The predicted octanol–water partition coefficient (Wildman–Crippen LogP) is 2.27. The molecule has 5 rings (SSSR count). The van der Waals surface area contributed by atoms with Gasteiger partial charge in [-0.15, -0.1) is 0 Å². The van der Waals surface area contributed by atoms with E-state index in [1.54, 1.807) is 0 Å². The molecule has 3 aliphatic carbocycles. The van der Waals surface area contributed by atoms with Crippen molar-refractivity contribution < 1.29 is 15.0 Å². The van der Waals surface area contributed by atoms with Gasteiger partial charge in [-0.05, 0) is 28.7 Å². The quantitative estimate of drug-likeness (QED) is 0.832. The highest BCUT2D eigenvalue weighted by Gasteiger charge is 2.58. The molecule has 20 heavy (non-hydrogen) atoms. The van der Waals surface area contributed by atoms with Gasteiger partial charge < -0.3 is 10.2 Å². The average Bonchev–Trinajstić information content (AvgIpc) is 2.47. The number of carboxylic acids is 1. The van der Waals surface area contributed by atoms with E-state index in [0.29, 0.717) is 6.42 Å². The summed E-state index contributed by atoms with van der Waals surface area (Å²) in [6.45, 7) is 0. The molecular weight excluding hydrogens is 252 g/mol. The first kappa shape index (κ1) is 11.7. The summed E-state index contributed by atoms with van der Waals surface area (Å²) in [6, 6.07) is 15.2. The van der Waals surface area contributed by atoms with Crippen LogP contribution >= 0.6 is 0 Å². The zero-order valence-electron chi connectivity index (χ0n) is 10.8. The number of aliphatic hydroxyl groups is 1. The number of rotatable bonds is 1. The topological polar surface area (TPSA) is 57.5 Å². The van der Waals surface area contributed by atoms with E-state index in [1.807, 2.05) is 48.5 Å². The number of hydrogen-bond donors (Lipinski definition) is 2. The van der Waals surface area contributed by atoms with Crippen molar-refractivity contribution in [3.63, 3.8) is 0 Å². The smallest absolute Gasteiger partial charge is 0.321 e. The minimum Gasteiger partial charge on any atom is -0.480 e. The Balaban J connectivity index is 2.16. The number of aliphatic carboxylic acids is 1. The summed E-state index contributed by atoms with van der Waals surface area (Å²) >= 11 is 0. The molecule has 0 fully saturated rings. The summed E-state index contributed by atoms with van der Waals surface area (Å²) in [6.07, 6.45) is -0.407. The third-order valence-corrected chi connectivity index (χ3v) is 4.82. The number of carbonyl (C=O) groups is 1. The van der Waals surface area contributed by atoms with Crippen LogP contribution in [0, 0.1) is 0 Å². The second-order valence-corrected chi connectivity index (χ2v) is 5.59. The second-order valence-electron chi connectivity index (χ2n) is 5.59. The predicted molar refractivity (Wildman–Crippen MR) is 73.8 cm³/mol. The number of aliphatic hydroxyl groups excluding tert-OH is 1. The summed E-state index contributed by atoms with van der Waals surface area (Å²) in [5.74, 6) is -0.873. The molecule has 100 valence electrons. The normalized spacial score (nSPS) is 29.6. The summed E-state index contributed by atoms with van der Waals surface area (Å²) in [5, 5.41) is 20.5. The third-order valence-electron chi connectivity index (χ3n) is 4.82. The van der Waals surface area contributed by atoms with Gasteiger partial charge in [0.25, 0.3) is 0 Å². The maximum Gasteiger partial charge on any atom is 0.321 e. The van der Waals surface area contributed by atoms with Crippen molar-refractivity contribution in [1.29, 1.82) is 0 Å². The van der Waals surface area contributed by atoms with Gasteiger partial charge in [-0.25, -0.2) is 0 Å². The van der Waals surface area contributed by atoms with Crippen LogP contribution in [0.25, 0.3) is 0 Å². The molecule has 0 aliphatic heterocycles. The van der Waals surface area contributed by atoms with Crippen molar-refractivity contribution in [2.75, 3.05) is 0 Å². The summed E-state index contributed by atoms with van der Waals surface area (Å²) < 4.78 is 0. The Kier molecular flexibility index (Phi) is 2.16. The van der Waals surface area contributed by atoms with E-state index in [4.69, 9.17) is 0 Å². The van der Waals surface area contributed by atoms with Crippen molar-refractivity contribution in [2.24, 2.45) is 0 Å². The zero-order chi connectivity index (χ0) is 13.9. The molecule has 2 aromatic carbocycles. The van der Waals surface area contributed by atoms with Gasteiger partial charge in [-0.1, -0.05) is 48.5 Å². The largest absolute Gasteiger partial charge is 0.480 e. The second kappa shape index (κ2) is 3.70. The van der Waals surface area contributed by atoms with Gasteiger partial charge >= 0.3 is 5.97 Å². The molecule has 3 aliphatic rings. The van der Waals surface area contributed by atoms with E-state index in [2.05, 4.69) is 0 Å². The van der Waals surface area contributed by atoms with Gasteiger partial charge in [-0.3, -0.25) is 4.79 Å². The maximum absolute atomic E-state index is 12.1. The lowest BCUT2D eigenvalue weighted by Crippen LogP contribution is -2.55. The van der Waals surface area contributed by atoms with Gasteiger partial charge in [-0.2, -0.15) is 0 Å². The molecule has 1 atom stereocenters. The number of hydrogen-bond acceptors (Lipinski definition) is 2. The Morgan fingerprint density at radius 2 is 1.50 bits per heavy atom. The molecule has 3 heteroatoms. The minimum absolute atomic E-state index is 0.0959. The molecule has 0 radical (unpaired) electrons. The highest BCUT2D eigenvalue weighted by Crippen LogP contribution is 2.56. The van der Waals surface area contributed by atoms with Crippen LogP contribution in [0.2, 0.25) is 0 Å². The van der Waals surface area contributed by atoms with Gasteiger partial charge in [0.1, 0.15) is 5.41 Å². The van der Waals surface area contributed by atoms with E-state index < -0.39 is 17.5 Å². The lowest BCUT2D eigenvalue weighted by molar-refractivity contribution is -0.147. The van der Waals surface area contributed by atoms with Crippen molar-refractivity contribution >= 4 is 5.97 Å². The molecule has 2 N–H and O–H groups in total. The Morgan fingerprint density at radius 3 is 2.00 bits per heavy atom. The number of carboxylic acid groups (broad SMARTS) is 1. The summed E-state index contributed by atoms with van der Waals surface area (Å²) in [7, 11) is 0. The van der Waals surface area contributed by atoms with E-state index in [9.17, 15) is 15.0 Å². The Morgan fingerprint density at radius 1 is 1.00 bits per heavy atom. The third kappa shape index (κ3) is 1.12. The zero-order valence-corrected chi connectivity index (χ0v) is 10.8. The van der Waals surface area contributed by atoms with E-state index in [1.165, 1.54) is 0 Å². The first-order chi connectivity index (χ1) is 9.67. The van der Waals surface area contributed by atoms with Gasteiger partial charge in [0.15, 0.2) is 0 Å². The molecule has 0 saturated carbocycles. The molecule has 1 unspecified atom stereocenters. The Bertz CT molecular complexity index is 672. The monoisotopic (exact) mass is 266 g/mol. The Labute approximate surface area is 116 Å². The van der Waals surface area contributed by atoms with Crippen LogP contribution in [0.1, 0.15) is 34.6 Å². The molecule has 2 bridgehead atoms. The molecule has 2 aromatic rings. The fourth-order valence-corrected chi connectivity index (χ4v) is 4.02. The van der Waals surface area contributed by atoms with Crippen LogP contribution in [0.4, 0.5) is 0 Å². The van der Waals surface area contributed by atoms with Crippen LogP contribution in [0.3, 0.4) is 0 Å². The van der Waals surface area contributed by atoms with Crippen LogP contribution in [-0.2, 0) is 10.2 Å². The lowest BCUT2D eigenvalue weighted by atomic mass is 9.54. The van der Waals surface area contributed by atoms with Gasteiger partial charge in [0.2, 0.25) is 0 Å². The molecule has 0 aromatic heterocycles. The highest BCUT2D eigenvalue weighted by atomic mass is 16.4. The molecular formula is C17H14O3. The fraction of sp³-hybridized carbons (Fsp3) is 0.235. The minimum atomic E-state index is -1.32. The summed E-state index contributed by atoms with van der Waals surface area (Å²) in [4.78, 5) is 12.1. The van der Waals surface area contributed by atoms with Crippen LogP contribution in [-0.4, -0.2) is 22.3 Å². The van der Waals surface area contributed by atoms with Crippen LogP contribution in [0.5, 0.6) is 0 Å². The van der Waals surface area contributed by atoms with Crippen molar-refractivity contribution in [3.8, 4) is 0 Å². The molecule has 0 saturated heterocycles. The average molecular weight is 266 g/mol. The maximum atomic E-state index is 12.1. The SMILES string of the molecule is O=C(O)C12c3ccccc3C(CC1O)c1ccccc12. The van der Waals surface area contributed by atoms with E-state index >= 15 is 0 Å². The van der Waals surface area contributed by atoms with Crippen LogP contribution in [0.15, 0.2) is 48.5 Å². The molecule has 0 amide bonds. The number of fused-ring (bicyclic) bond motifs is 1. The molecule has 3 nitrogen and oxygen atoms in total. The number of benzene rings is 2. The van der Waals surface area contributed by atoms with Gasteiger partial charge in [0, 0.05) is 5.92 Å². The van der Waals surface area contributed by atoms with E-state index in [-0.39, 0.29) is 5.92 Å². The Hall–Kier alpha value is -2.13. The van der Waals surface area contributed by atoms with Crippen molar-refractivity contribution in [3.05, 3.63) is 70.8 Å². The fourth-order valence-electron chi connectivity index (χ4n) is 4.02. The first-order valence-electron chi connectivity index (χ1n) is 6.77. The molecule has 0 spiro atoms. The van der Waals surface area contributed by atoms with Crippen LogP contribution < -0.4 is 0 Å². The molecule has 0 heterocycles. The first-order valence-corrected chi connectivity index (χ1v) is 6.77. The highest BCUT2D eigenvalue weighted by molar-refractivity contribution is 5.90. The van der Waals surface area contributed by atoms with Gasteiger partial charge in [0.05, 0.1) is 6.10 Å².